The second-order valence-corrected chi connectivity index (χ2v) is 6.03. The fourth-order valence-corrected chi connectivity index (χ4v) is 2.28. The molecular weight excluding hydrogens is 265 g/mol. The average molecular weight is 285 g/mol. The van der Waals surface area contributed by atoms with Crippen molar-refractivity contribution >= 4 is 17.7 Å². The molecule has 0 atom stereocenters. The van der Waals surface area contributed by atoms with E-state index in [1.54, 1.807) is 24.1 Å². The maximum Gasteiger partial charge on any atom is 0.232 e. The normalized spacial score (nSPS) is 11.4. The van der Waals surface area contributed by atoms with Crippen LogP contribution < -0.4 is 0 Å². The third kappa shape index (κ3) is 4.84. The van der Waals surface area contributed by atoms with Crippen LogP contribution in [0.5, 0.6) is 0 Å². The number of halogens is 1. The summed E-state index contributed by atoms with van der Waals surface area (Å²) < 4.78 is 12.7. The summed E-state index contributed by atoms with van der Waals surface area (Å²) >= 11 is 1.48. The highest BCUT2D eigenvalue weighted by atomic mass is 32.2. The first-order valence-electron chi connectivity index (χ1n) is 6.06. The van der Waals surface area contributed by atoms with Crippen molar-refractivity contribution in [3.8, 4) is 0 Å². The van der Waals surface area contributed by atoms with E-state index in [1.165, 1.54) is 23.9 Å². The van der Waals surface area contributed by atoms with Crippen LogP contribution in [0.2, 0.25) is 0 Å². The van der Waals surface area contributed by atoms with Crippen molar-refractivity contribution in [1.29, 1.82) is 0 Å². The first kappa shape index (κ1) is 16.0. The molecule has 0 saturated heterocycles. The molecule has 106 valence electrons. The Bertz CT molecular complexity index is 420. The Hall–Kier alpha value is -1.07. The van der Waals surface area contributed by atoms with Crippen molar-refractivity contribution in [3.63, 3.8) is 0 Å². The summed E-state index contributed by atoms with van der Waals surface area (Å²) in [6.45, 7) is 3.56. The summed E-state index contributed by atoms with van der Waals surface area (Å²) in [7, 11) is 1.69. The van der Waals surface area contributed by atoms with Gasteiger partial charge in [-0.2, -0.15) is 0 Å². The van der Waals surface area contributed by atoms with Gasteiger partial charge in [-0.3, -0.25) is 4.79 Å². The lowest BCUT2D eigenvalue weighted by molar-refractivity contribution is -0.133. The topological polar surface area (TPSA) is 40.5 Å². The number of benzene rings is 1. The van der Waals surface area contributed by atoms with Gasteiger partial charge >= 0.3 is 0 Å². The van der Waals surface area contributed by atoms with Crippen molar-refractivity contribution in [2.24, 2.45) is 0 Å². The zero-order valence-electron chi connectivity index (χ0n) is 11.5. The molecule has 1 rings (SSSR count). The third-order valence-corrected chi connectivity index (χ3v) is 4.07. The number of thioether (sulfide) groups is 1. The van der Waals surface area contributed by atoms with E-state index in [4.69, 9.17) is 0 Å². The van der Waals surface area contributed by atoms with Crippen molar-refractivity contribution in [2.75, 3.05) is 19.4 Å². The number of rotatable bonds is 6. The molecule has 0 aliphatic heterocycles. The maximum atomic E-state index is 12.7. The van der Waals surface area contributed by atoms with Crippen LogP contribution in [0.3, 0.4) is 0 Å². The average Bonchev–Trinajstić information content (AvgIpc) is 2.40. The van der Waals surface area contributed by atoms with E-state index in [9.17, 15) is 14.3 Å². The molecule has 0 unspecified atom stereocenters. The van der Waals surface area contributed by atoms with Crippen LogP contribution in [0.25, 0.3) is 0 Å². The molecule has 5 heteroatoms. The number of carbonyl (C=O) groups excluding carboxylic acids is 1. The number of carbonyl (C=O) groups is 1. The highest BCUT2D eigenvalue weighted by Crippen LogP contribution is 2.16. The van der Waals surface area contributed by atoms with Gasteiger partial charge in [0.1, 0.15) is 5.82 Å². The summed E-state index contributed by atoms with van der Waals surface area (Å²) in [5, 5.41) is 9.21. The molecule has 0 aromatic heterocycles. The molecule has 1 aromatic carbocycles. The molecule has 0 fully saturated rings. The predicted octanol–water partition coefficient (Wildman–Crippen LogP) is 2.29. The number of aliphatic hydroxyl groups excluding tert-OH is 1. The molecule has 0 spiro atoms. The fourth-order valence-electron chi connectivity index (χ4n) is 1.38. The third-order valence-electron chi connectivity index (χ3n) is 3.08. The molecule has 0 aliphatic carbocycles. The molecule has 0 bridgehead atoms. The molecule has 1 aromatic rings. The van der Waals surface area contributed by atoms with Gasteiger partial charge in [0.15, 0.2) is 0 Å². The summed E-state index contributed by atoms with van der Waals surface area (Å²) in [4.78, 5) is 13.5. The smallest absolute Gasteiger partial charge is 0.232 e. The Morgan fingerprint density at radius 3 is 2.47 bits per heavy atom. The van der Waals surface area contributed by atoms with E-state index in [0.717, 1.165) is 5.56 Å². The molecule has 0 aliphatic rings. The largest absolute Gasteiger partial charge is 0.394 e. The monoisotopic (exact) mass is 285 g/mol. The minimum absolute atomic E-state index is 0.0221. The van der Waals surface area contributed by atoms with Gasteiger partial charge in [0, 0.05) is 12.8 Å². The summed E-state index contributed by atoms with van der Waals surface area (Å²) in [5.74, 6) is 0.733. The van der Waals surface area contributed by atoms with Crippen molar-refractivity contribution < 1.29 is 14.3 Å². The van der Waals surface area contributed by atoms with Gasteiger partial charge in [-0.1, -0.05) is 12.1 Å². The minimum atomic E-state index is -0.548. The van der Waals surface area contributed by atoms with Crippen LogP contribution >= 0.6 is 11.8 Å². The molecule has 0 saturated carbocycles. The number of hydrogen-bond donors (Lipinski definition) is 1. The van der Waals surface area contributed by atoms with Gasteiger partial charge in [-0.05, 0) is 31.5 Å². The number of amides is 1. The number of hydrogen-bond acceptors (Lipinski definition) is 3. The van der Waals surface area contributed by atoms with E-state index in [-0.39, 0.29) is 18.3 Å². The van der Waals surface area contributed by atoms with E-state index in [1.807, 2.05) is 13.8 Å². The molecule has 0 radical (unpaired) electrons. The molecule has 3 nitrogen and oxygen atoms in total. The maximum absolute atomic E-state index is 12.7. The Labute approximate surface area is 117 Å². The van der Waals surface area contributed by atoms with Gasteiger partial charge in [0.05, 0.1) is 17.9 Å². The van der Waals surface area contributed by atoms with E-state index in [0.29, 0.717) is 11.5 Å². The van der Waals surface area contributed by atoms with E-state index in [2.05, 4.69) is 0 Å². The minimum Gasteiger partial charge on any atom is -0.394 e. The van der Waals surface area contributed by atoms with Crippen LogP contribution in [-0.2, 0) is 10.5 Å². The number of nitrogens with zero attached hydrogens (tertiary/aromatic N) is 1. The van der Waals surface area contributed by atoms with Gasteiger partial charge in [-0.25, -0.2) is 4.39 Å². The summed E-state index contributed by atoms with van der Waals surface area (Å²) in [6, 6.07) is 6.26. The molecule has 0 heterocycles. The van der Waals surface area contributed by atoms with Crippen LogP contribution in [0.15, 0.2) is 24.3 Å². The lowest BCUT2D eigenvalue weighted by Crippen LogP contribution is -2.48. The zero-order chi connectivity index (χ0) is 14.5. The van der Waals surface area contributed by atoms with Gasteiger partial charge < -0.3 is 10.0 Å². The molecular formula is C14H20FNO2S. The Balaban J connectivity index is 2.41. The Morgan fingerprint density at radius 2 is 1.95 bits per heavy atom. The van der Waals surface area contributed by atoms with Crippen molar-refractivity contribution in [1.82, 2.24) is 4.90 Å². The Morgan fingerprint density at radius 1 is 1.37 bits per heavy atom. The molecule has 1 N–H and O–H groups in total. The van der Waals surface area contributed by atoms with Crippen LogP contribution in [0.4, 0.5) is 4.39 Å². The van der Waals surface area contributed by atoms with Crippen molar-refractivity contribution in [3.05, 3.63) is 35.6 Å². The van der Waals surface area contributed by atoms with Crippen LogP contribution in [0, 0.1) is 5.82 Å². The number of aliphatic hydroxyl groups is 1. The first-order chi connectivity index (χ1) is 8.86. The van der Waals surface area contributed by atoms with E-state index < -0.39 is 5.54 Å². The summed E-state index contributed by atoms with van der Waals surface area (Å²) in [6.07, 6.45) is 0. The standard InChI is InChI=1S/C14H20FNO2S/c1-14(2,10-17)16(3)13(18)9-19-8-11-4-6-12(15)7-5-11/h4-7,17H,8-10H2,1-3H3. The molecule has 19 heavy (non-hydrogen) atoms. The highest BCUT2D eigenvalue weighted by molar-refractivity contribution is 7.99. The zero-order valence-corrected chi connectivity index (χ0v) is 12.3. The second-order valence-electron chi connectivity index (χ2n) is 5.04. The SMILES string of the molecule is CN(C(=O)CSCc1ccc(F)cc1)C(C)(C)CO. The lowest BCUT2D eigenvalue weighted by Gasteiger charge is -2.33. The van der Waals surface area contributed by atoms with Gasteiger partial charge in [0.2, 0.25) is 5.91 Å². The summed E-state index contributed by atoms with van der Waals surface area (Å²) in [5.41, 5.74) is 0.441. The molecule has 1 amide bonds. The Kier molecular flexibility index (Phi) is 5.82. The predicted molar refractivity (Wildman–Crippen MR) is 76.5 cm³/mol. The van der Waals surface area contributed by atoms with Crippen LogP contribution in [-0.4, -0.2) is 40.9 Å². The number of likely N-dealkylation sites (N-methyl/N-ethyl adjacent to an activating group) is 1. The van der Waals surface area contributed by atoms with Crippen LogP contribution in [0.1, 0.15) is 19.4 Å². The quantitative estimate of drug-likeness (QED) is 0.872. The van der Waals surface area contributed by atoms with Crippen molar-refractivity contribution in [2.45, 2.75) is 25.1 Å². The van der Waals surface area contributed by atoms with Gasteiger partial charge in [0.25, 0.3) is 0 Å². The van der Waals surface area contributed by atoms with Gasteiger partial charge in [-0.15, -0.1) is 11.8 Å². The lowest BCUT2D eigenvalue weighted by atomic mass is 10.1. The highest BCUT2D eigenvalue weighted by Gasteiger charge is 2.26. The first-order valence-corrected chi connectivity index (χ1v) is 7.22. The second kappa shape index (κ2) is 6.91. The van der Waals surface area contributed by atoms with E-state index >= 15 is 0 Å². The fraction of sp³-hybridized carbons (Fsp3) is 0.500.